The molecule has 0 radical (unpaired) electrons. The van der Waals surface area contributed by atoms with Crippen molar-refractivity contribution in [1.29, 1.82) is 0 Å². The molecule has 0 aliphatic heterocycles. The van der Waals surface area contributed by atoms with Crippen LogP contribution in [0.3, 0.4) is 0 Å². The van der Waals surface area contributed by atoms with Crippen molar-refractivity contribution in [3.63, 3.8) is 0 Å². The molecule has 0 bridgehead atoms. The Morgan fingerprint density at radius 1 is 1.17 bits per heavy atom. The van der Waals surface area contributed by atoms with Gasteiger partial charge in [0.15, 0.2) is 0 Å². The lowest BCUT2D eigenvalue weighted by Gasteiger charge is -2.12. The molecule has 3 rings (SSSR count). The standard InChI is InChI=1S/C23H28ClNO4S/c1-4-28-23(27)20-17-8-5-6-9-18(17)30-22(20)25-19(26)10-7-11-29-16-12-14(2)21(24)15(3)13-16/h12-13H,4-11H2,1-3H3,(H,25,26). The fourth-order valence-corrected chi connectivity index (χ4v) is 5.08. The summed E-state index contributed by atoms with van der Waals surface area (Å²) >= 11 is 7.69. The predicted molar refractivity (Wildman–Crippen MR) is 121 cm³/mol. The van der Waals surface area contributed by atoms with Crippen molar-refractivity contribution in [2.75, 3.05) is 18.5 Å². The lowest BCUT2D eigenvalue weighted by molar-refractivity contribution is -0.116. The number of thiophene rings is 1. The van der Waals surface area contributed by atoms with Crippen molar-refractivity contribution in [3.05, 3.63) is 44.3 Å². The minimum atomic E-state index is -0.344. The first-order chi connectivity index (χ1) is 14.4. The highest BCUT2D eigenvalue weighted by Crippen LogP contribution is 2.38. The summed E-state index contributed by atoms with van der Waals surface area (Å²) in [5.41, 5.74) is 3.54. The van der Waals surface area contributed by atoms with Crippen molar-refractivity contribution in [2.24, 2.45) is 0 Å². The maximum atomic E-state index is 12.5. The minimum Gasteiger partial charge on any atom is -0.494 e. The van der Waals surface area contributed by atoms with Crippen LogP contribution >= 0.6 is 22.9 Å². The van der Waals surface area contributed by atoms with Gasteiger partial charge in [-0.25, -0.2) is 4.79 Å². The molecule has 162 valence electrons. The number of ether oxygens (including phenoxy) is 2. The van der Waals surface area contributed by atoms with Gasteiger partial charge in [0, 0.05) is 16.3 Å². The number of rotatable bonds is 8. The van der Waals surface area contributed by atoms with Gasteiger partial charge in [-0.15, -0.1) is 11.3 Å². The summed E-state index contributed by atoms with van der Waals surface area (Å²) in [6.07, 6.45) is 4.89. The Balaban J connectivity index is 1.57. The number of benzene rings is 1. The highest BCUT2D eigenvalue weighted by atomic mass is 35.5. The molecule has 1 aliphatic carbocycles. The van der Waals surface area contributed by atoms with Crippen molar-refractivity contribution in [3.8, 4) is 5.75 Å². The van der Waals surface area contributed by atoms with E-state index in [2.05, 4.69) is 5.32 Å². The van der Waals surface area contributed by atoms with Gasteiger partial charge >= 0.3 is 5.97 Å². The van der Waals surface area contributed by atoms with Crippen LogP contribution in [0.2, 0.25) is 5.02 Å². The summed E-state index contributed by atoms with van der Waals surface area (Å²) in [4.78, 5) is 26.2. The number of carbonyl (C=O) groups is 2. The van der Waals surface area contributed by atoms with E-state index in [1.54, 1.807) is 6.92 Å². The molecule has 2 aromatic rings. The summed E-state index contributed by atoms with van der Waals surface area (Å²) in [7, 11) is 0. The maximum absolute atomic E-state index is 12.5. The predicted octanol–water partition coefficient (Wildman–Crippen LogP) is 5.87. The Kier molecular flexibility index (Phi) is 7.78. The molecule has 1 heterocycles. The van der Waals surface area contributed by atoms with E-state index < -0.39 is 0 Å². The molecule has 7 heteroatoms. The van der Waals surface area contributed by atoms with E-state index in [1.807, 2.05) is 26.0 Å². The van der Waals surface area contributed by atoms with Crippen molar-refractivity contribution >= 4 is 39.8 Å². The van der Waals surface area contributed by atoms with Gasteiger partial charge in [-0.1, -0.05) is 11.6 Å². The van der Waals surface area contributed by atoms with Crippen LogP contribution < -0.4 is 10.1 Å². The number of hydrogen-bond donors (Lipinski definition) is 1. The first-order valence-electron chi connectivity index (χ1n) is 10.4. The third kappa shape index (κ3) is 5.35. The topological polar surface area (TPSA) is 64.6 Å². The van der Waals surface area contributed by atoms with Crippen LogP contribution in [0.5, 0.6) is 5.75 Å². The fraction of sp³-hybridized carbons (Fsp3) is 0.478. The van der Waals surface area contributed by atoms with Crippen LogP contribution in [0.4, 0.5) is 5.00 Å². The number of hydrogen-bond acceptors (Lipinski definition) is 5. The first kappa shape index (κ1) is 22.6. The van der Waals surface area contributed by atoms with E-state index in [-0.39, 0.29) is 11.9 Å². The van der Waals surface area contributed by atoms with Crippen LogP contribution in [-0.4, -0.2) is 25.1 Å². The maximum Gasteiger partial charge on any atom is 0.341 e. The molecule has 1 amide bonds. The largest absolute Gasteiger partial charge is 0.494 e. The Morgan fingerprint density at radius 2 is 1.87 bits per heavy atom. The molecule has 1 N–H and O–H groups in total. The highest BCUT2D eigenvalue weighted by molar-refractivity contribution is 7.17. The quantitative estimate of drug-likeness (QED) is 0.404. The molecule has 0 saturated heterocycles. The number of anilines is 1. The molecule has 1 aromatic heterocycles. The van der Waals surface area contributed by atoms with Crippen LogP contribution in [0, 0.1) is 13.8 Å². The van der Waals surface area contributed by atoms with Gasteiger partial charge in [-0.05, 0) is 81.7 Å². The molecule has 5 nitrogen and oxygen atoms in total. The van der Waals surface area contributed by atoms with E-state index in [1.165, 1.54) is 16.2 Å². The molecule has 0 fully saturated rings. The van der Waals surface area contributed by atoms with Gasteiger partial charge in [0.2, 0.25) is 5.91 Å². The molecule has 1 aliphatic rings. The number of carbonyl (C=O) groups excluding carboxylic acids is 2. The first-order valence-corrected chi connectivity index (χ1v) is 11.6. The van der Waals surface area contributed by atoms with Gasteiger partial charge in [0.25, 0.3) is 0 Å². The number of halogens is 1. The number of aryl methyl sites for hydroxylation is 3. The molecular weight excluding hydrogens is 422 g/mol. The van der Waals surface area contributed by atoms with Gasteiger partial charge in [-0.2, -0.15) is 0 Å². The average molecular weight is 450 g/mol. The van der Waals surface area contributed by atoms with E-state index in [9.17, 15) is 9.59 Å². The number of nitrogens with one attached hydrogen (secondary N) is 1. The Bertz CT molecular complexity index is 915. The summed E-state index contributed by atoms with van der Waals surface area (Å²) in [6.45, 7) is 6.42. The number of amides is 1. The Hall–Kier alpha value is -2.05. The zero-order valence-corrected chi connectivity index (χ0v) is 19.3. The normalized spacial score (nSPS) is 12.9. The van der Waals surface area contributed by atoms with Crippen LogP contribution in [0.1, 0.15) is 64.5 Å². The fourth-order valence-electron chi connectivity index (χ4n) is 3.67. The molecule has 0 spiro atoms. The van der Waals surface area contributed by atoms with Gasteiger partial charge in [0.1, 0.15) is 10.8 Å². The van der Waals surface area contributed by atoms with Crippen LogP contribution in [0.15, 0.2) is 12.1 Å². The smallest absolute Gasteiger partial charge is 0.341 e. The highest BCUT2D eigenvalue weighted by Gasteiger charge is 2.27. The van der Waals surface area contributed by atoms with Crippen molar-refractivity contribution < 1.29 is 19.1 Å². The second-order valence-corrected chi connectivity index (χ2v) is 8.99. The van der Waals surface area contributed by atoms with E-state index in [0.29, 0.717) is 36.6 Å². The summed E-state index contributed by atoms with van der Waals surface area (Å²) < 4.78 is 11.0. The van der Waals surface area contributed by atoms with Crippen molar-refractivity contribution in [2.45, 2.75) is 59.3 Å². The zero-order valence-electron chi connectivity index (χ0n) is 17.7. The summed E-state index contributed by atoms with van der Waals surface area (Å²) in [5, 5.41) is 4.31. The molecule has 0 atom stereocenters. The molecule has 1 aromatic carbocycles. The van der Waals surface area contributed by atoms with Crippen LogP contribution in [-0.2, 0) is 22.4 Å². The molecular formula is C23H28ClNO4S. The SMILES string of the molecule is CCOC(=O)c1c(NC(=O)CCCOc2cc(C)c(Cl)c(C)c2)sc2c1CCCC2. The molecule has 0 unspecified atom stereocenters. The van der Waals surface area contributed by atoms with E-state index in [4.69, 9.17) is 21.1 Å². The number of fused-ring (bicyclic) bond motifs is 1. The molecule has 30 heavy (non-hydrogen) atoms. The Labute approximate surface area is 186 Å². The van der Waals surface area contributed by atoms with Gasteiger partial charge in [-0.3, -0.25) is 4.79 Å². The summed E-state index contributed by atoms with van der Waals surface area (Å²) in [6, 6.07) is 3.80. The van der Waals surface area contributed by atoms with E-state index in [0.717, 1.165) is 53.1 Å². The Morgan fingerprint density at radius 3 is 2.57 bits per heavy atom. The van der Waals surface area contributed by atoms with Gasteiger partial charge in [0.05, 0.1) is 18.8 Å². The number of esters is 1. The third-order valence-electron chi connectivity index (χ3n) is 5.13. The lowest BCUT2D eigenvalue weighted by Crippen LogP contribution is -2.16. The summed E-state index contributed by atoms with van der Waals surface area (Å²) in [5.74, 6) is 0.292. The third-order valence-corrected chi connectivity index (χ3v) is 6.93. The zero-order chi connectivity index (χ0) is 21.7. The molecule has 0 saturated carbocycles. The minimum absolute atomic E-state index is 0.119. The van der Waals surface area contributed by atoms with Crippen molar-refractivity contribution in [1.82, 2.24) is 0 Å². The van der Waals surface area contributed by atoms with E-state index >= 15 is 0 Å². The second kappa shape index (κ2) is 10.3. The van der Waals surface area contributed by atoms with Gasteiger partial charge < -0.3 is 14.8 Å². The monoisotopic (exact) mass is 449 g/mol. The second-order valence-electron chi connectivity index (χ2n) is 7.51. The van der Waals surface area contributed by atoms with Crippen LogP contribution in [0.25, 0.3) is 0 Å². The average Bonchev–Trinajstić information content (AvgIpc) is 3.07. The lowest BCUT2D eigenvalue weighted by atomic mass is 9.95.